The summed E-state index contributed by atoms with van der Waals surface area (Å²) in [4.78, 5) is 0. The Bertz CT molecular complexity index is 76.6. The number of allylic oxidation sites excluding steroid dienone is 1. The average Bonchev–Trinajstić information content (AvgIpc) is 1.89. The summed E-state index contributed by atoms with van der Waals surface area (Å²) in [5.74, 6) is 0. The van der Waals surface area contributed by atoms with E-state index in [4.69, 9.17) is 5.11 Å². The highest BCUT2D eigenvalue weighted by Crippen LogP contribution is 1.97. The quantitative estimate of drug-likeness (QED) is 0.575. The van der Waals surface area contributed by atoms with Crippen LogP contribution in [0.5, 0.6) is 0 Å². The molecule has 0 bridgehead atoms. The molecule has 1 atom stereocenters. The fraction of sp³-hybridized carbons (Fsp3) is 0.750. The van der Waals surface area contributed by atoms with Crippen LogP contribution >= 0.6 is 0 Å². The molecule has 0 fully saturated rings. The molecule has 0 aromatic rings. The lowest BCUT2D eigenvalue weighted by Gasteiger charge is -2.00. The van der Waals surface area contributed by atoms with Crippen molar-refractivity contribution in [1.82, 2.24) is 0 Å². The van der Waals surface area contributed by atoms with Gasteiger partial charge in [0.1, 0.15) is 0 Å². The highest BCUT2D eigenvalue weighted by atomic mass is 16.3. The van der Waals surface area contributed by atoms with Crippen molar-refractivity contribution in [3.05, 3.63) is 12.2 Å². The van der Waals surface area contributed by atoms with E-state index in [0.29, 0.717) is 0 Å². The number of hydrogen-bond donors (Lipinski definition) is 1. The van der Waals surface area contributed by atoms with Gasteiger partial charge in [0.2, 0.25) is 0 Å². The molecule has 0 amide bonds. The largest absolute Gasteiger partial charge is 0.393 e. The molecular formula is C8H16O. The van der Waals surface area contributed by atoms with Crippen molar-refractivity contribution < 1.29 is 5.11 Å². The van der Waals surface area contributed by atoms with Gasteiger partial charge in [0.25, 0.3) is 0 Å². The van der Waals surface area contributed by atoms with Crippen molar-refractivity contribution in [2.24, 2.45) is 0 Å². The summed E-state index contributed by atoms with van der Waals surface area (Å²) in [6.07, 6.45) is 6.72. The summed E-state index contributed by atoms with van der Waals surface area (Å²) in [6, 6.07) is 0. The third-order valence-corrected chi connectivity index (χ3v) is 1.28. The molecule has 0 spiro atoms. The van der Waals surface area contributed by atoms with Gasteiger partial charge in [0.05, 0.1) is 6.10 Å². The Morgan fingerprint density at radius 3 is 2.44 bits per heavy atom. The molecule has 0 unspecified atom stereocenters. The summed E-state index contributed by atoms with van der Waals surface area (Å²) < 4.78 is 0. The van der Waals surface area contributed by atoms with Crippen molar-refractivity contribution >= 4 is 0 Å². The molecule has 54 valence electrons. The van der Waals surface area contributed by atoms with Crippen molar-refractivity contribution in [3.63, 3.8) is 0 Å². The topological polar surface area (TPSA) is 20.2 Å². The maximum absolute atomic E-state index is 9.03. The minimum atomic E-state index is -0.132. The molecule has 9 heavy (non-hydrogen) atoms. The van der Waals surface area contributed by atoms with Crippen LogP contribution in [-0.4, -0.2) is 11.2 Å². The van der Waals surface area contributed by atoms with E-state index < -0.39 is 0 Å². The Kier molecular flexibility index (Phi) is 5.64. The Hall–Kier alpha value is -0.300. The lowest BCUT2D eigenvalue weighted by molar-refractivity contribution is 0.173. The molecule has 1 heteroatoms. The molecule has 0 aliphatic rings. The molecule has 0 aromatic carbocycles. The van der Waals surface area contributed by atoms with Gasteiger partial charge in [-0.3, -0.25) is 0 Å². The van der Waals surface area contributed by atoms with Crippen LogP contribution in [0.15, 0.2) is 12.2 Å². The van der Waals surface area contributed by atoms with E-state index >= 15 is 0 Å². The summed E-state index contributed by atoms with van der Waals surface area (Å²) in [6.45, 7) is 4.08. The van der Waals surface area contributed by atoms with E-state index in [1.165, 1.54) is 0 Å². The molecule has 0 rings (SSSR count). The van der Waals surface area contributed by atoms with Gasteiger partial charge in [0.15, 0.2) is 0 Å². The van der Waals surface area contributed by atoms with E-state index in [-0.39, 0.29) is 6.10 Å². The van der Waals surface area contributed by atoms with Crippen LogP contribution < -0.4 is 0 Å². The number of hydrogen-bond acceptors (Lipinski definition) is 1. The molecule has 1 N–H and O–H groups in total. The maximum atomic E-state index is 9.03. The van der Waals surface area contributed by atoms with Gasteiger partial charge in [-0.1, -0.05) is 26.0 Å². The zero-order chi connectivity index (χ0) is 7.11. The molecule has 0 aromatic heterocycles. The third kappa shape index (κ3) is 5.57. The molecule has 0 radical (unpaired) electrons. The number of rotatable bonds is 4. The van der Waals surface area contributed by atoms with E-state index in [2.05, 4.69) is 13.0 Å². The first kappa shape index (κ1) is 8.70. The zero-order valence-corrected chi connectivity index (χ0v) is 6.30. The van der Waals surface area contributed by atoms with Crippen LogP contribution in [0.1, 0.15) is 33.1 Å². The zero-order valence-electron chi connectivity index (χ0n) is 6.30. The van der Waals surface area contributed by atoms with Crippen LogP contribution in [0.3, 0.4) is 0 Å². The second-order valence-electron chi connectivity index (χ2n) is 2.18. The first-order valence-electron chi connectivity index (χ1n) is 3.64. The lowest BCUT2D eigenvalue weighted by Crippen LogP contribution is -2.00. The standard InChI is InChI=1S/C8H16O/c1-3-5-6-7-8(9)4-2/h5-6,8-9H,3-4,7H2,1-2H3/b6-5+/t8-/m0/s1. The second kappa shape index (κ2) is 5.83. The van der Waals surface area contributed by atoms with Crippen LogP contribution in [0.25, 0.3) is 0 Å². The number of aliphatic hydroxyl groups excluding tert-OH is 1. The summed E-state index contributed by atoms with van der Waals surface area (Å²) >= 11 is 0. The van der Waals surface area contributed by atoms with Crippen molar-refractivity contribution in [2.45, 2.75) is 39.2 Å². The lowest BCUT2D eigenvalue weighted by atomic mass is 10.2. The molecule has 0 heterocycles. The van der Waals surface area contributed by atoms with Crippen LogP contribution in [0.4, 0.5) is 0 Å². The van der Waals surface area contributed by atoms with E-state index in [1.54, 1.807) is 0 Å². The SMILES string of the molecule is CC/C=C/C[C@@H](O)CC. The predicted molar refractivity (Wildman–Crippen MR) is 40.3 cm³/mol. The van der Waals surface area contributed by atoms with Crippen LogP contribution in [-0.2, 0) is 0 Å². The molecular weight excluding hydrogens is 112 g/mol. The molecule has 1 nitrogen and oxygen atoms in total. The third-order valence-electron chi connectivity index (χ3n) is 1.28. The van der Waals surface area contributed by atoms with E-state index in [0.717, 1.165) is 19.3 Å². The van der Waals surface area contributed by atoms with Gasteiger partial charge in [-0.25, -0.2) is 0 Å². The highest BCUT2D eigenvalue weighted by molar-refractivity contribution is 4.82. The Morgan fingerprint density at radius 1 is 1.33 bits per heavy atom. The predicted octanol–water partition coefficient (Wildman–Crippen LogP) is 2.11. The first-order valence-corrected chi connectivity index (χ1v) is 3.64. The molecule has 0 saturated heterocycles. The Labute approximate surface area is 57.4 Å². The highest BCUT2D eigenvalue weighted by Gasteiger charge is 1.93. The monoisotopic (exact) mass is 128 g/mol. The van der Waals surface area contributed by atoms with Gasteiger partial charge >= 0.3 is 0 Å². The fourth-order valence-corrected chi connectivity index (χ4v) is 0.587. The average molecular weight is 128 g/mol. The van der Waals surface area contributed by atoms with Gasteiger partial charge in [-0.05, 0) is 19.3 Å². The second-order valence-corrected chi connectivity index (χ2v) is 2.18. The van der Waals surface area contributed by atoms with Crippen LogP contribution in [0, 0.1) is 0 Å². The smallest absolute Gasteiger partial charge is 0.0572 e. The minimum absolute atomic E-state index is 0.132. The van der Waals surface area contributed by atoms with E-state index in [1.807, 2.05) is 13.0 Å². The van der Waals surface area contributed by atoms with Gasteiger partial charge in [-0.15, -0.1) is 0 Å². The van der Waals surface area contributed by atoms with Crippen molar-refractivity contribution in [2.75, 3.05) is 0 Å². The minimum Gasteiger partial charge on any atom is -0.393 e. The first-order chi connectivity index (χ1) is 4.31. The summed E-state index contributed by atoms with van der Waals surface area (Å²) in [5, 5.41) is 9.03. The Balaban J connectivity index is 3.15. The van der Waals surface area contributed by atoms with Crippen molar-refractivity contribution in [3.8, 4) is 0 Å². The van der Waals surface area contributed by atoms with Crippen LogP contribution in [0.2, 0.25) is 0 Å². The van der Waals surface area contributed by atoms with E-state index in [9.17, 15) is 0 Å². The fourth-order valence-electron chi connectivity index (χ4n) is 0.587. The van der Waals surface area contributed by atoms with Gasteiger partial charge < -0.3 is 5.11 Å². The molecule has 0 saturated carbocycles. The Morgan fingerprint density at radius 2 is 2.00 bits per heavy atom. The number of aliphatic hydroxyl groups is 1. The maximum Gasteiger partial charge on any atom is 0.0572 e. The summed E-state index contributed by atoms with van der Waals surface area (Å²) in [5.41, 5.74) is 0. The van der Waals surface area contributed by atoms with Gasteiger partial charge in [-0.2, -0.15) is 0 Å². The summed E-state index contributed by atoms with van der Waals surface area (Å²) in [7, 11) is 0. The normalized spacial score (nSPS) is 14.6. The molecule has 0 aliphatic heterocycles. The van der Waals surface area contributed by atoms with Gasteiger partial charge in [0, 0.05) is 0 Å². The van der Waals surface area contributed by atoms with Crippen molar-refractivity contribution in [1.29, 1.82) is 0 Å². The molecule has 0 aliphatic carbocycles.